The van der Waals surface area contributed by atoms with Gasteiger partial charge in [0, 0.05) is 12.2 Å². The van der Waals surface area contributed by atoms with Crippen molar-refractivity contribution in [2.45, 2.75) is 38.8 Å². The van der Waals surface area contributed by atoms with Crippen molar-refractivity contribution in [2.75, 3.05) is 13.2 Å². The molecule has 2 atom stereocenters. The van der Waals surface area contributed by atoms with Gasteiger partial charge in [-0.15, -0.1) is 0 Å². The third-order valence-corrected chi connectivity index (χ3v) is 3.19. The van der Waals surface area contributed by atoms with Gasteiger partial charge in [0.2, 0.25) is 0 Å². The Morgan fingerprint density at radius 2 is 2.35 bits per heavy atom. The molecule has 17 heavy (non-hydrogen) atoms. The van der Waals surface area contributed by atoms with Crippen LogP contribution in [0, 0.1) is 6.92 Å². The number of hydrogen-bond acceptors (Lipinski definition) is 3. The van der Waals surface area contributed by atoms with E-state index in [0.29, 0.717) is 6.61 Å². The van der Waals surface area contributed by atoms with E-state index in [9.17, 15) is 0 Å². The van der Waals surface area contributed by atoms with E-state index in [0.717, 1.165) is 30.8 Å². The standard InChI is InChI=1S/C14H21NO2/c1-3-16-12-7-6-10(2)9-11(12)14(15)13-5-4-8-17-13/h6-7,9,13-14H,3-5,8,15H2,1-2H3. The second-order valence-electron chi connectivity index (χ2n) is 4.55. The molecule has 2 rings (SSSR count). The lowest BCUT2D eigenvalue weighted by Gasteiger charge is -2.22. The summed E-state index contributed by atoms with van der Waals surface area (Å²) in [6, 6.07) is 6.08. The van der Waals surface area contributed by atoms with E-state index in [-0.39, 0.29) is 12.1 Å². The molecule has 0 spiro atoms. The molecule has 0 saturated carbocycles. The highest BCUT2D eigenvalue weighted by Crippen LogP contribution is 2.31. The van der Waals surface area contributed by atoms with Gasteiger partial charge in [0.25, 0.3) is 0 Å². The molecule has 1 aromatic carbocycles. The van der Waals surface area contributed by atoms with Crippen molar-refractivity contribution in [1.82, 2.24) is 0 Å². The van der Waals surface area contributed by atoms with Crippen molar-refractivity contribution in [3.05, 3.63) is 29.3 Å². The lowest BCUT2D eigenvalue weighted by molar-refractivity contribution is 0.0891. The fourth-order valence-corrected chi connectivity index (χ4v) is 2.30. The van der Waals surface area contributed by atoms with Crippen LogP contribution in [0.25, 0.3) is 0 Å². The van der Waals surface area contributed by atoms with Gasteiger partial charge in [-0.3, -0.25) is 0 Å². The van der Waals surface area contributed by atoms with Crippen LogP contribution in [0.5, 0.6) is 5.75 Å². The topological polar surface area (TPSA) is 44.5 Å². The molecule has 0 radical (unpaired) electrons. The van der Waals surface area contributed by atoms with Crippen LogP contribution >= 0.6 is 0 Å². The summed E-state index contributed by atoms with van der Waals surface area (Å²) in [6.45, 7) is 5.55. The molecule has 2 N–H and O–H groups in total. The van der Waals surface area contributed by atoms with Gasteiger partial charge < -0.3 is 15.2 Å². The number of rotatable bonds is 4. The van der Waals surface area contributed by atoms with E-state index in [1.165, 1.54) is 5.56 Å². The minimum atomic E-state index is -0.0843. The van der Waals surface area contributed by atoms with Gasteiger partial charge in [0.05, 0.1) is 18.8 Å². The lowest BCUT2D eigenvalue weighted by Crippen LogP contribution is -2.26. The van der Waals surface area contributed by atoms with Crippen molar-refractivity contribution >= 4 is 0 Å². The molecule has 1 saturated heterocycles. The number of benzene rings is 1. The van der Waals surface area contributed by atoms with Crippen molar-refractivity contribution < 1.29 is 9.47 Å². The Morgan fingerprint density at radius 3 is 3.00 bits per heavy atom. The van der Waals surface area contributed by atoms with E-state index in [1.54, 1.807) is 0 Å². The molecule has 94 valence electrons. The first-order valence-corrected chi connectivity index (χ1v) is 6.33. The van der Waals surface area contributed by atoms with Crippen LogP contribution in [0.3, 0.4) is 0 Å². The second kappa shape index (κ2) is 5.52. The highest BCUT2D eigenvalue weighted by Gasteiger charge is 2.26. The van der Waals surface area contributed by atoms with Gasteiger partial charge in [0.1, 0.15) is 5.75 Å². The summed E-state index contributed by atoms with van der Waals surface area (Å²) in [4.78, 5) is 0. The first kappa shape index (κ1) is 12.4. The SMILES string of the molecule is CCOc1ccc(C)cc1C(N)C1CCCO1. The Kier molecular flexibility index (Phi) is 4.02. The van der Waals surface area contributed by atoms with Crippen molar-refractivity contribution in [1.29, 1.82) is 0 Å². The number of nitrogens with two attached hydrogens (primary N) is 1. The van der Waals surface area contributed by atoms with Gasteiger partial charge in [-0.25, -0.2) is 0 Å². The smallest absolute Gasteiger partial charge is 0.124 e. The quantitative estimate of drug-likeness (QED) is 0.872. The minimum absolute atomic E-state index is 0.0843. The molecular weight excluding hydrogens is 214 g/mol. The predicted octanol–water partition coefficient (Wildman–Crippen LogP) is 2.57. The predicted molar refractivity (Wildman–Crippen MR) is 68.3 cm³/mol. The van der Waals surface area contributed by atoms with E-state index in [2.05, 4.69) is 19.1 Å². The number of aryl methyl sites for hydroxylation is 1. The van der Waals surface area contributed by atoms with Crippen LogP contribution in [0.15, 0.2) is 18.2 Å². The zero-order valence-corrected chi connectivity index (χ0v) is 10.6. The third-order valence-electron chi connectivity index (χ3n) is 3.19. The van der Waals surface area contributed by atoms with Gasteiger partial charge in [-0.1, -0.05) is 17.7 Å². The molecule has 2 unspecified atom stereocenters. The number of ether oxygens (including phenoxy) is 2. The van der Waals surface area contributed by atoms with Gasteiger partial charge >= 0.3 is 0 Å². The van der Waals surface area contributed by atoms with Crippen molar-refractivity contribution in [3.8, 4) is 5.75 Å². The Labute approximate surface area is 103 Å². The van der Waals surface area contributed by atoms with E-state index in [4.69, 9.17) is 15.2 Å². The summed E-state index contributed by atoms with van der Waals surface area (Å²) < 4.78 is 11.3. The van der Waals surface area contributed by atoms with Crippen LogP contribution < -0.4 is 10.5 Å². The van der Waals surface area contributed by atoms with Crippen LogP contribution in [0.4, 0.5) is 0 Å². The normalized spacial score (nSPS) is 21.5. The molecule has 3 heteroatoms. The van der Waals surface area contributed by atoms with Crippen LogP contribution in [0.1, 0.15) is 36.9 Å². The fraction of sp³-hybridized carbons (Fsp3) is 0.571. The maximum absolute atomic E-state index is 6.30. The molecule has 1 aromatic rings. The maximum Gasteiger partial charge on any atom is 0.124 e. The molecule has 0 bridgehead atoms. The van der Waals surface area contributed by atoms with E-state index < -0.39 is 0 Å². The Morgan fingerprint density at radius 1 is 1.53 bits per heavy atom. The first-order chi connectivity index (χ1) is 8.22. The fourth-order valence-electron chi connectivity index (χ4n) is 2.30. The molecule has 0 amide bonds. The van der Waals surface area contributed by atoms with Crippen LogP contribution in [-0.2, 0) is 4.74 Å². The summed E-state index contributed by atoms with van der Waals surface area (Å²) in [5, 5.41) is 0. The highest BCUT2D eigenvalue weighted by molar-refractivity contribution is 5.39. The summed E-state index contributed by atoms with van der Waals surface area (Å²) in [6.07, 6.45) is 2.28. The van der Waals surface area contributed by atoms with Gasteiger partial charge in [-0.2, -0.15) is 0 Å². The molecule has 1 fully saturated rings. The third kappa shape index (κ3) is 2.79. The molecule has 1 heterocycles. The van der Waals surface area contributed by atoms with Gasteiger partial charge in [-0.05, 0) is 32.8 Å². The molecule has 3 nitrogen and oxygen atoms in total. The van der Waals surface area contributed by atoms with Crippen LogP contribution in [0.2, 0.25) is 0 Å². The molecule has 1 aliphatic rings. The highest BCUT2D eigenvalue weighted by atomic mass is 16.5. The minimum Gasteiger partial charge on any atom is -0.494 e. The zero-order chi connectivity index (χ0) is 12.3. The van der Waals surface area contributed by atoms with E-state index in [1.807, 2.05) is 13.0 Å². The Balaban J connectivity index is 2.24. The molecular formula is C14H21NO2. The van der Waals surface area contributed by atoms with E-state index >= 15 is 0 Å². The van der Waals surface area contributed by atoms with Crippen molar-refractivity contribution in [3.63, 3.8) is 0 Å². The Hall–Kier alpha value is -1.06. The monoisotopic (exact) mass is 235 g/mol. The summed E-state index contributed by atoms with van der Waals surface area (Å²) in [5.74, 6) is 0.890. The summed E-state index contributed by atoms with van der Waals surface area (Å²) in [7, 11) is 0. The summed E-state index contributed by atoms with van der Waals surface area (Å²) >= 11 is 0. The first-order valence-electron chi connectivity index (χ1n) is 6.33. The molecule has 0 aliphatic carbocycles. The lowest BCUT2D eigenvalue weighted by atomic mass is 9.98. The number of hydrogen-bond donors (Lipinski definition) is 1. The maximum atomic E-state index is 6.30. The Bertz CT molecular complexity index is 372. The zero-order valence-electron chi connectivity index (χ0n) is 10.6. The van der Waals surface area contributed by atoms with Crippen molar-refractivity contribution in [2.24, 2.45) is 5.73 Å². The average molecular weight is 235 g/mol. The largest absolute Gasteiger partial charge is 0.494 e. The van der Waals surface area contributed by atoms with Crippen LogP contribution in [-0.4, -0.2) is 19.3 Å². The second-order valence-corrected chi connectivity index (χ2v) is 4.55. The van der Waals surface area contributed by atoms with Gasteiger partial charge in [0.15, 0.2) is 0 Å². The average Bonchev–Trinajstić information content (AvgIpc) is 2.84. The molecule has 0 aromatic heterocycles. The molecule has 1 aliphatic heterocycles. The summed E-state index contributed by atoms with van der Waals surface area (Å²) in [5.41, 5.74) is 8.57.